The molecule has 27 heavy (non-hydrogen) atoms. The maximum atomic E-state index is 12.9. The number of anilines is 1. The monoisotopic (exact) mass is 411 g/mol. The van der Waals surface area contributed by atoms with Gasteiger partial charge >= 0.3 is 0 Å². The van der Waals surface area contributed by atoms with Gasteiger partial charge in [0.05, 0.1) is 12.2 Å². The third-order valence-electron chi connectivity index (χ3n) is 5.05. The minimum Gasteiger partial charge on any atom is -0.324 e. The molecule has 0 aliphatic carbocycles. The smallest absolute Gasteiger partial charge is 0.280 e. The van der Waals surface area contributed by atoms with E-state index in [0.717, 1.165) is 21.1 Å². The topological polar surface area (TPSA) is 96.3 Å². The molecular formula is C17H22ClN5O3S. The summed E-state index contributed by atoms with van der Waals surface area (Å²) in [5.41, 5.74) is 2.89. The van der Waals surface area contributed by atoms with Gasteiger partial charge in [-0.2, -0.15) is 22.5 Å². The fraction of sp³-hybridized carbons (Fsp3) is 0.412. The number of aromatic nitrogens is 2. The second-order valence-electron chi connectivity index (χ2n) is 6.65. The molecule has 0 unspecified atom stereocenters. The number of halogens is 1. The van der Waals surface area contributed by atoms with Crippen LogP contribution in [-0.2, 0) is 22.1 Å². The van der Waals surface area contributed by atoms with Gasteiger partial charge in [0.2, 0.25) is 5.91 Å². The molecule has 0 bridgehead atoms. The van der Waals surface area contributed by atoms with Crippen LogP contribution in [0.5, 0.6) is 0 Å². The van der Waals surface area contributed by atoms with Crippen LogP contribution in [0.4, 0.5) is 5.69 Å². The first-order valence-electron chi connectivity index (χ1n) is 8.41. The molecule has 0 spiro atoms. The summed E-state index contributed by atoms with van der Waals surface area (Å²) in [4.78, 5) is 12.9. The van der Waals surface area contributed by atoms with Crippen molar-refractivity contribution in [1.82, 2.24) is 18.8 Å². The van der Waals surface area contributed by atoms with Gasteiger partial charge in [-0.1, -0.05) is 17.7 Å². The summed E-state index contributed by atoms with van der Waals surface area (Å²) in [6.45, 7) is 3.65. The van der Waals surface area contributed by atoms with Gasteiger partial charge in [-0.05, 0) is 38.0 Å². The molecule has 1 fully saturated rings. The number of nitrogens with one attached hydrogen (secondary N) is 2. The lowest BCUT2D eigenvalue weighted by Gasteiger charge is -2.36. The summed E-state index contributed by atoms with van der Waals surface area (Å²) >= 11 is 6.10. The number of rotatable bonds is 3. The van der Waals surface area contributed by atoms with Crippen molar-refractivity contribution in [2.24, 2.45) is 7.05 Å². The molecule has 2 N–H and O–H groups in total. The molecule has 2 heterocycles. The highest BCUT2D eigenvalue weighted by Gasteiger charge is 2.41. The summed E-state index contributed by atoms with van der Waals surface area (Å²) in [6, 6.07) is 3.80. The zero-order valence-electron chi connectivity index (χ0n) is 15.5. The van der Waals surface area contributed by atoms with Crippen LogP contribution in [-0.4, -0.2) is 41.5 Å². The number of carbonyl (C=O) groups excluding carboxylic acids is 1. The van der Waals surface area contributed by atoms with Crippen molar-refractivity contribution in [3.63, 3.8) is 0 Å². The van der Waals surface area contributed by atoms with E-state index in [1.807, 2.05) is 6.92 Å². The Morgan fingerprint density at radius 1 is 1.33 bits per heavy atom. The number of hydrogen-bond acceptors (Lipinski definition) is 4. The summed E-state index contributed by atoms with van der Waals surface area (Å²) in [5, 5.41) is 7.50. The molecule has 1 aromatic heterocycles. The first-order valence-corrected chi connectivity index (χ1v) is 10.2. The summed E-state index contributed by atoms with van der Waals surface area (Å²) in [7, 11) is -0.633. The SMILES string of the molecule is Cc1c(Cl)cccc1NC(=O)[C@@H]1C[C@@H](c2cnn(C)c2C)NS(=O)(=O)N1C. The van der Waals surface area contributed by atoms with Crippen LogP contribution in [0.15, 0.2) is 24.4 Å². The molecule has 1 amide bonds. The van der Waals surface area contributed by atoms with Crippen LogP contribution < -0.4 is 10.0 Å². The second-order valence-corrected chi connectivity index (χ2v) is 8.82. The van der Waals surface area contributed by atoms with Crippen molar-refractivity contribution in [3.05, 3.63) is 46.2 Å². The number of benzene rings is 1. The quantitative estimate of drug-likeness (QED) is 0.806. The van der Waals surface area contributed by atoms with E-state index in [1.165, 1.54) is 7.05 Å². The van der Waals surface area contributed by atoms with Gasteiger partial charge in [0, 0.05) is 36.1 Å². The van der Waals surface area contributed by atoms with E-state index >= 15 is 0 Å². The minimum atomic E-state index is -3.81. The Labute approximate surface area is 163 Å². The van der Waals surface area contributed by atoms with Gasteiger partial charge in [-0.15, -0.1) is 0 Å². The van der Waals surface area contributed by atoms with Crippen LogP contribution in [0.1, 0.15) is 29.3 Å². The number of nitrogens with zero attached hydrogens (tertiary/aromatic N) is 3. The van der Waals surface area contributed by atoms with Gasteiger partial charge in [-0.25, -0.2) is 0 Å². The fourth-order valence-electron chi connectivity index (χ4n) is 3.13. The fourth-order valence-corrected chi connectivity index (χ4v) is 4.57. The van der Waals surface area contributed by atoms with Crippen LogP contribution in [0.3, 0.4) is 0 Å². The Bertz CT molecular complexity index is 988. The molecular weight excluding hydrogens is 390 g/mol. The van der Waals surface area contributed by atoms with E-state index in [2.05, 4.69) is 15.1 Å². The molecule has 10 heteroatoms. The molecule has 146 valence electrons. The Kier molecular flexibility index (Phi) is 5.31. The molecule has 3 rings (SSSR count). The van der Waals surface area contributed by atoms with E-state index < -0.39 is 28.2 Å². The van der Waals surface area contributed by atoms with Crippen LogP contribution in [0.2, 0.25) is 5.02 Å². The van der Waals surface area contributed by atoms with Crippen molar-refractivity contribution in [3.8, 4) is 0 Å². The lowest BCUT2D eigenvalue weighted by Crippen LogP contribution is -2.56. The molecule has 0 saturated carbocycles. The van der Waals surface area contributed by atoms with E-state index in [4.69, 9.17) is 11.6 Å². The molecule has 1 saturated heterocycles. The average Bonchev–Trinajstić information content (AvgIpc) is 2.93. The zero-order chi connectivity index (χ0) is 19.9. The van der Waals surface area contributed by atoms with Crippen molar-refractivity contribution in [2.45, 2.75) is 32.4 Å². The Hall–Kier alpha value is -1.94. The van der Waals surface area contributed by atoms with Crippen molar-refractivity contribution in [1.29, 1.82) is 0 Å². The number of aryl methyl sites for hydroxylation is 1. The largest absolute Gasteiger partial charge is 0.324 e. The normalized spacial score (nSPS) is 22.6. The third kappa shape index (κ3) is 3.73. The van der Waals surface area contributed by atoms with Gasteiger partial charge < -0.3 is 5.32 Å². The highest BCUT2D eigenvalue weighted by Crippen LogP contribution is 2.30. The molecule has 0 radical (unpaired) electrons. The molecule has 1 aliphatic heterocycles. The third-order valence-corrected chi connectivity index (χ3v) is 7.05. The van der Waals surface area contributed by atoms with Crippen molar-refractivity contribution < 1.29 is 13.2 Å². The molecule has 8 nitrogen and oxygen atoms in total. The maximum Gasteiger partial charge on any atom is 0.280 e. The highest BCUT2D eigenvalue weighted by molar-refractivity contribution is 7.87. The van der Waals surface area contributed by atoms with Crippen molar-refractivity contribution in [2.75, 3.05) is 12.4 Å². The van der Waals surface area contributed by atoms with Gasteiger partial charge in [0.15, 0.2) is 0 Å². The Morgan fingerprint density at radius 3 is 2.67 bits per heavy atom. The van der Waals surface area contributed by atoms with Crippen molar-refractivity contribution >= 4 is 33.4 Å². The summed E-state index contributed by atoms with van der Waals surface area (Å²) in [5.74, 6) is -0.403. The van der Waals surface area contributed by atoms with E-state index in [1.54, 1.807) is 43.0 Å². The predicted octanol–water partition coefficient (Wildman–Crippen LogP) is 1.91. The van der Waals surface area contributed by atoms with Crippen LogP contribution in [0, 0.1) is 13.8 Å². The number of amides is 1. The number of likely N-dealkylation sites (N-methyl/N-ethyl adjacent to an activating group) is 1. The molecule has 2 aromatic rings. The van der Waals surface area contributed by atoms with E-state index in [9.17, 15) is 13.2 Å². The van der Waals surface area contributed by atoms with Crippen LogP contribution in [0.25, 0.3) is 0 Å². The molecule has 1 aliphatic rings. The van der Waals surface area contributed by atoms with E-state index in [-0.39, 0.29) is 6.42 Å². The Morgan fingerprint density at radius 2 is 2.04 bits per heavy atom. The first-order chi connectivity index (χ1) is 12.6. The highest BCUT2D eigenvalue weighted by atomic mass is 35.5. The summed E-state index contributed by atoms with van der Waals surface area (Å²) < 4.78 is 30.5. The maximum absolute atomic E-state index is 12.9. The lowest BCUT2D eigenvalue weighted by atomic mass is 10.00. The second kappa shape index (κ2) is 7.23. The van der Waals surface area contributed by atoms with Gasteiger partial charge in [-0.3, -0.25) is 9.48 Å². The lowest BCUT2D eigenvalue weighted by molar-refractivity contribution is -0.120. The minimum absolute atomic E-state index is 0.285. The van der Waals surface area contributed by atoms with Gasteiger partial charge in [0.1, 0.15) is 6.04 Å². The summed E-state index contributed by atoms with van der Waals surface area (Å²) in [6.07, 6.45) is 1.91. The van der Waals surface area contributed by atoms with E-state index in [0.29, 0.717) is 10.7 Å². The first kappa shape index (κ1) is 19.8. The zero-order valence-corrected chi connectivity index (χ0v) is 17.1. The standard InChI is InChI=1S/C17H22ClN5O3S/c1-10-13(18)6-5-7-14(10)20-17(24)16-8-15(21-27(25,26)23(16)4)12-9-19-22(3)11(12)2/h5-7,9,15-16,21H,8H2,1-4H3,(H,20,24)/t15-,16-/m0/s1. The van der Waals surface area contributed by atoms with Gasteiger partial charge in [0.25, 0.3) is 10.2 Å². The number of carbonyl (C=O) groups is 1. The average molecular weight is 412 g/mol. The number of hydrogen-bond donors (Lipinski definition) is 2. The molecule has 1 aromatic carbocycles. The predicted molar refractivity (Wildman–Crippen MR) is 104 cm³/mol. The van der Waals surface area contributed by atoms with Crippen LogP contribution >= 0.6 is 11.6 Å². The molecule has 2 atom stereocenters. The Balaban J connectivity index is 1.89.